The van der Waals surface area contributed by atoms with E-state index >= 15 is 0 Å². The van der Waals surface area contributed by atoms with Crippen LogP contribution in [-0.4, -0.2) is 19.6 Å². The van der Waals surface area contributed by atoms with Crippen LogP contribution >= 0.6 is 0 Å². The molecule has 0 bridgehead atoms. The number of aromatic nitrogens is 4. The van der Waals surface area contributed by atoms with Crippen LogP contribution < -0.4 is 0 Å². The lowest BCUT2D eigenvalue weighted by Gasteiger charge is -2.15. The minimum absolute atomic E-state index is 0.0751. The fourth-order valence-electron chi connectivity index (χ4n) is 2.17. The van der Waals surface area contributed by atoms with E-state index in [9.17, 15) is 0 Å². The molecule has 2 aromatic rings. The molecule has 0 spiro atoms. The Balaban J connectivity index is 2.31. The van der Waals surface area contributed by atoms with Crippen molar-refractivity contribution in [3.63, 3.8) is 0 Å². The molecule has 0 atom stereocenters. The maximum atomic E-state index is 4.74. The van der Waals surface area contributed by atoms with Gasteiger partial charge in [-0.15, -0.1) is 0 Å². The lowest BCUT2D eigenvalue weighted by molar-refractivity contribution is 0.454. The van der Waals surface area contributed by atoms with E-state index in [1.54, 1.807) is 0 Å². The van der Waals surface area contributed by atoms with Crippen LogP contribution in [0.25, 0.3) is 0 Å². The fraction of sp³-hybridized carbons (Fsp3) is 0.647. The Labute approximate surface area is 128 Å². The second-order valence-corrected chi connectivity index (χ2v) is 7.98. The molecule has 0 amide bonds. The predicted octanol–water partition coefficient (Wildman–Crippen LogP) is 3.80. The van der Waals surface area contributed by atoms with Gasteiger partial charge in [0.1, 0.15) is 6.67 Å². The summed E-state index contributed by atoms with van der Waals surface area (Å²) in [5.74, 6) is 0. The molecular formula is C17H28N4. The van der Waals surface area contributed by atoms with Gasteiger partial charge in [0, 0.05) is 22.2 Å². The van der Waals surface area contributed by atoms with Gasteiger partial charge in [0.05, 0.1) is 11.4 Å². The highest BCUT2D eigenvalue weighted by atomic mass is 15.4. The van der Waals surface area contributed by atoms with Crippen molar-refractivity contribution in [2.45, 2.75) is 72.9 Å². The first kappa shape index (κ1) is 15.8. The van der Waals surface area contributed by atoms with E-state index in [4.69, 9.17) is 10.2 Å². The van der Waals surface area contributed by atoms with Crippen LogP contribution in [-0.2, 0) is 17.5 Å². The van der Waals surface area contributed by atoms with Crippen molar-refractivity contribution in [3.05, 3.63) is 34.9 Å². The van der Waals surface area contributed by atoms with Gasteiger partial charge in [0.25, 0.3) is 0 Å². The van der Waals surface area contributed by atoms with Gasteiger partial charge >= 0.3 is 0 Å². The van der Waals surface area contributed by atoms with Crippen molar-refractivity contribution in [3.8, 4) is 0 Å². The molecule has 0 aliphatic rings. The van der Waals surface area contributed by atoms with Crippen LogP contribution in [0, 0.1) is 13.8 Å². The Morgan fingerprint density at radius 3 is 1.33 bits per heavy atom. The van der Waals surface area contributed by atoms with Crippen molar-refractivity contribution in [1.82, 2.24) is 19.6 Å². The Hall–Kier alpha value is -1.58. The van der Waals surface area contributed by atoms with Crippen molar-refractivity contribution >= 4 is 0 Å². The first-order valence-corrected chi connectivity index (χ1v) is 7.58. The Kier molecular flexibility index (Phi) is 3.77. The van der Waals surface area contributed by atoms with Gasteiger partial charge in [0.2, 0.25) is 0 Å². The molecule has 4 heteroatoms. The van der Waals surface area contributed by atoms with Crippen molar-refractivity contribution in [2.75, 3.05) is 0 Å². The largest absolute Gasteiger partial charge is 0.248 e. The van der Waals surface area contributed by atoms with Gasteiger partial charge in [-0.3, -0.25) is 0 Å². The molecule has 0 N–H and O–H groups in total. The molecule has 2 heterocycles. The van der Waals surface area contributed by atoms with Gasteiger partial charge in [0.15, 0.2) is 0 Å². The number of aryl methyl sites for hydroxylation is 2. The molecule has 0 aromatic carbocycles. The molecule has 116 valence electrons. The van der Waals surface area contributed by atoms with Crippen molar-refractivity contribution < 1.29 is 0 Å². The highest BCUT2D eigenvalue weighted by Crippen LogP contribution is 2.23. The molecule has 0 unspecified atom stereocenters. The zero-order valence-corrected chi connectivity index (χ0v) is 14.7. The van der Waals surface area contributed by atoms with Crippen LogP contribution in [0.4, 0.5) is 0 Å². The average molecular weight is 288 g/mol. The summed E-state index contributed by atoms with van der Waals surface area (Å²) in [7, 11) is 0. The minimum Gasteiger partial charge on any atom is -0.248 e. The molecule has 0 aliphatic carbocycles. The standard InChI is InChI=1S/C17H28N4/c1-12-9-14(16(3,4)5)18-20(12)11-21-13(2)10-15(19-21)17(6,7)8/h9-10H,11H2,1-8H3. The Bertz CT molecular complexity index is 577. The van der Waals surface area contributed by atoms with E-state index in [1.807, 2.05) is 9.36 Å². The van der Waals surface area contributed by atoms with Gasteiger partial charge in [-0.1, -0.05) is 41.5 Å². The van der Waals surface area contributed by atoms with Crippen LogP contribution in [0.1, 0.15) is 64.3 Å². The lowest BCUT2D eigenvalue weighted by atomic mass is 9.92. The van der Waals surface area contributed by atoms with Gasteiger partial charge in [-0.25, -0.2) is 9.36 Å². The molecule has 0 fully saturated rings. The second-order valence-electron chi connectivity index (χ2n) is 7.98. The zero-order chi connectivity index (χ0) is 16.0. The summed E-state index contributed by atoms with van der Waals surface area (Å²) in [5.41, 5.74) is 4.75. The van der Waals surface area contributed by atoms with E-state index in [-0.39, 0.29) is 10.8 Å². The van der Waals surface area contributed by atoms with E-state index in [0.717, 1.165) is 11.4 Å². The highest BCUT2D eigenvalue weighted by Gasteiger charge is 2.21. The SMILES string of the molecule is Cc1cc(C(C)(C)C)nn1Cn1nc(C(C)(C)C)cc1C. The summed E-state index contributed by atoms with van der Waals surface area (Å²) in [6, 6.07) is 4.34. The Morgan fingerprint density at radius 2 is 1.10 bits per heavy atom. The number of rotatable bonds is 2. The van der Waals surface area contributed by atoms with Crippen LogP contribution in [0.3, 0.4) is 0 Å². The molecule has 0 aliphatic heterocycles. The quantitative estimate of drug-likeness (QED) is 0.842. The Morgan fingerprint density at radius 1 is 0.762 bits per heavy atom. The lowest BCUT2D eigenvalue weighted by Crippen LogP contribution is -2.18. The van der Waals surface area contributed by atoms with Gasteiger partial charge in [-0.2, -0.15) is 10.2 Å². The minimum atomic E-state index is 0.0751. The molecule has 21 heavy (non-hydrogen) atoms. The summed E-state index contributed by atoms with van der Waals surface area (Å²) in [6.07, 6.45) is 0. The molecule has 0 radical (unpaired) electrons. The van der Waals surface area contributed by atoms with E-state index in [2.05, 4.69) is 67.5 Å². The smallest absolute Gasteiger partial charge is 0.133 e. The first-order chi connectivity index (χ1) is 9.48. The number of hydrogen-bond acceptors (Lipinski definition) is 2. The summed E-state index contributed by atoms with van der Waals surface area (Å²) in [6.45, 7) is 18.0. The van der Waals surface area contributed by atoms with E-state index < -0.39 is 0 Å². The third kappa shape index (κ3) is 3.36. The van der Waals surface area contributed by atoms with Crippen LogP contribution in [0.2, 0.25) is 0 Å². The summed E-state index contributed by atoms with van der Waals surface area (Å²) in [5, 5.41) is 9.49. The number of hydrogen-bond donors (Lipinski definition) is 0. The predicted molar refractivity (Wildman–Crippen MR) is 86.7 cm³/mol. The normalized spacial score (nSPS) is 13.0. The van der Waals surface area contributed by atoms with Crippen molar-refractivity contribution in [2.24, 2.45) is 0 Å². The van der Waals surface area contributed by atoms with Crippen LogP contribution in [0.15, 0.2) is 12.1 Å². The van der Waals surface area contributed by atoms with Crippen molar-refractivity contribution in [1.29, 1.82) is 0 Å². The topological polar surface area (TPSA) is 35.6 Å². The summed E-state index contributed by atoms with van der Waals surface area (Å²) >= 11 is 0. The fourth-order valence-corrected chi connectivity index (χ4v) is 2.17. The molecule has 2 aromatic heterocycles. The molecule has 4 nitrogen and oxygen atoms in total. The van der Waals surface area contributed by atoms with Gasteiger partial charge < -0.3 is 0 Å². The highest BCUT2D eigenvalue weighted by molar-refractivity contribution is 5.18. The molecular weight excluding hydrogens is 260 g/mol. The number of nitrogens with zero attached hydrogens (tertiary/aromatic N) is 4. The second kappa shape index (κ2) is 5.00. The molecule has 0 saturated carbocycles. The van der Waals surface area contributed by atoms with E-state index in [0.29, 0.717) is 6.67 Å². The average Bonchev–Trinajstić information content (AvgIpc) is 2.84. The van der Waals surface area contributed by atoms with Gasteiger partial charge in [-0.05, 0) is 26.0 Å². The first-order valence-electron chi connectivity index (χ1n) is 7.58. The third-order valence-electron chi connectivity index (χ3n) is 3.77. The maximum Gasteiger partial charge on any atom is 0.133 e. The monoisotopic (exact) mass is 288 g/mol. The van der Waals surface area contributed by atoms with Crippen LogP contribution in [0.5, 0.6) is 0 Å². The third-order valence-corrected chi connectivity index (χ3v) is 3.77. The maximum absolute atomic E-state index is 4.74. The molecule has 2 rings (SSSR count). The summed E-state index contributed by atoms with van der Waals surface area (Å²) in [4.78, 5) is 0. The summed E-state index contributed by atoms with van der Waals surface area (Å²) < 4.78 is 4.07. The van der Waals surface area contributed by atoms with E-state index in [1.165, 1.54) is 11.4 Å². The zero-order valence-electron chi connectivity index (χ0n) is 14.7. The molecule has 0 saturated heterocycles.